The second-order valence-electron chi connectivity index (χ2n) is 6.88. The van der Waals surface area contributed by atoms with Crippen LogP contribution in [0.3, 0.4) is 0 Å². The molecule has 1 saturated heterocycles. The number of hydrogen-bond acceptors (Lipinski definition) is 4. The number of benzene rings is 1. The van der Waals surface area contributed by atoms with Gasteiger partial charge in [0, 0.05) is 21.5 Å². The molecule has 1 aromatic heterocycles. The van der Waals surface area contributed by atoms with Crippen molar-refractivity contribution in [3.63, 3.8) is 0 Å². The molecule has 27 heavy (non-hydrogen) atoms. The monoisotopic (exact) mass is 447 g/mol. The van der Waals surface area contributed by atoms with Crippen LogP contribution < -0.4 is 4.74 Å². The SMILES string of the molecule is CCCc1sc(C(=O)/C=C/c2ccc(OC)c(CN3CCCC3)c2)cc1Br. The third-order valence-corrected chi connectivity index (χ3v) is 6.98. The van der Waals surface area contributed by atoms with E-state index < -0.39 is 0 Å². The van der Waals surface area contributed by atoms with Crippen LogP contribution in [0.5, 0.6) is 5.75 Å². The van der Waals surface area contributed by atoms with Crippen LogP contribution >= 0.6 is 27.3 Å². The largest absolute Gasteiger partial charge is 0.496 e. The molecule has 144 valence electrons. The van der Waals surface area contributed by atoms with E-state index in [0.717, 1.165) is 53.1 Å². The number of nitrogens with zero attached hydrogens (tertiary/aromatic N) is 1. The lowest BCUT2D eigenvalue weighted by Gasteiger charge is -2.17. The van der Waals surface area contributed by atoms with Crippen molar-refractivity contribution in [3.05, 3.63) is 55.7 Å². The fourth-order valence-electron chi connectivity index (χ4n) is 3.39. The van der Waals surface area contributed by atoms with Gasteiger partial charge in [0.1, 0.15) is 5.75 Å². The highest BCUT2D eigenvalue weighted by Gasteiger charge is 2.15. The third kappa shape index (κ3) is 5.31. The van der Waals surface area contributed by atoms with Gasteiger partial charge in [-0.05, 0) is 78.1 Å². The Morgan fingerprint density at radius 3 is 2.78 bits per heavy atom. The van der Waals surface area contributed by atoms with Crippen molar-refractivity contribution >= 4 is 39.1 Å². The molecule has 0 atom stereocenters. The Morgan fingerprint density at radius 2 is 2.07 bits per heavy atom. The molecule has 1 aliphatic heterocycles. The molecule has 1 aliphatic rings. The van der Waals surface area contributed by atoms with E-state index in [2.05, 4.69) is 33.8 Å². The first-order valence-corrected chi connectivity index (χ1v) is 11.1. The van der Waals surface area contributed by atoms with E-state index in [4.69, 9.17) is 4.74 Å². The number of carbonyl (C=O) groups excluding carboxylic acids is 1. The minimum absolute atomic E-state index is 0.0555. The zero-order chi connectivity index (χ0) is 19.2. The lowest BCUT2D eigenvalue weighted by Crippen LogP contribution is -2.18. The average molecular weight is 448 g/mol. The maximum Gasteiger partial charge on any atom is 0.195 e. The molecular weight excluding hydrogens is 422 g/mol. The fraction of sp³-hybridized carbons (Fsp3) is 0.409. The average Bonchev–Trinajstić information content (AvgIpc) is 3.30. The first kappa shape index (κ1) is 20.3. The molecule has 0 spiro atoms. The van der Waals surface area contributed by atoms with Crippen LogP contribution in [-0.4, -0.2) is 30.9 Å². The number of carbonyl (C=O) groups is 1. The number of halogens is 1. The van der Waals surface area contributed by atoms with E-state index in [0.29, 0.717) is 0 Å². The van der Waals surface area contributed by atoms with Crippen LogP contribution in [-0.2, 0) is 13.0 Å². The van der Waals surface area contributed by atoms with Gasteiger partial charge in [0.05, 0.1) is 12.0 Å². The molecule has 1 fully saturated rings. The van der Waals surface area contributed by atoms with Crippen molar-refractivity contribution in [2.75, 3.05) is 20.2 Å². The molecule has 0 N–H and O–H groups in total. The van der Waals surface area contributed by atoms with E-state index in [1.54, 1.807) is 24.5 Å². The predicted molar refractivity (Wildman–Crippen MR) is 117 cm³/mol. The normalized spacial score (nSPS) is 14.9. The van der Waals surface area contributed by atoms with Crippen LogP contribution in [0.1, 0.15) is 51.9 Å². The number of hydrogen-bond donors (Lipinski definition) is 0. The van der Waals surface area contributed by atoms with Gasteiger partial charge in [0.15, 0.2) is 5.78 Å². The summed E-state index contributed by atoms with van der Waals surface area (Å²) in [6.45, 7) is 5.35. The van der Waals surface area contributed by atoms with Gasteiger partial charge in [-0.3, -0.25) is 9.69 Å². The van der Waals surface area contributed by atoms with Gasteiger partial charge in [-0.1, -0.05) is 25.5 Å². The summed E-state index contributed by atoms with van der Waals surface area (Å²) in [5, 5.41) is 0. The molecule has 2 aromatic rings. The van der Waals surface area contributed by atoms with Gasteiger partial charge in [-0.25, -0.2) is 0 Å². The number of rotatable bonds is 8. The highest BCUT2D eigenvalue weighted by atomic mass is 79.9. The Labute approximate surface area is 174 Å². The summed E-state index contributed by atoms with van der Waals surface area (Å²) in [5.74, 6) is 0.969. The molecule has 0 saturated carbocycles. The third-order valence-electron chi connectivity index (χ3n) is 4.80. The van der Waals surface area contributed by atoms with E-state index in [1.807, 2.05) is 24.3 Å². The zero-order valence-corrected chi connectivity index (χ0v) is 18.4. The minimum atomic E-state index is 0.0555. The van der Waals surface area contributed by atoms with Crippen LogP contribution in [0.4, 0.5) is 0 Å². The number of likely N-dealkylation sites (tertiary alicyclic amines) is 1. The number of allylic oxidation sites excluding steroid dienone is 1. The molecular formula is C22H26BrNO2S. The van der Waals surface area contributed by atoms with E-state index >= 15 is 0 Å². The maximum absolute atomic E-state index is 12.5. The second kappa shape index (κ2) is 9.67. The minimum Gasteiger partial charge on any atom is -0.496 e. The topological polar surface area (TPSA) is 29.5 Å². The number of ketones is 1. The predicted octanol–water partition coefficient (Wildman–Crippen LogP) is 5.96. The molecule has 3 nitrogen and oxygen atoms in total. The summed E-state index contributed by atoms with van der Waals surface area (Å²) < 4.78 is 6.57. The Kier molecular flexibility index (Phi) is 7.27. The number of aryl methyl sites for hydroxylation is 1. The molecule has 0 unspecified atom stereocenters. The summed E-state index contributed by atoms with van der Waals surface area (Å²) in [6, 6.07) is 8.07. The standard InChI is InChI=1S/C22H26BrNO2S/c1-3-6-21-18(23)14-22(27-21)19(25)9-7-16-8-10-20(26-2)17(13-16)15-24-11-4-5-12-24/h7-10,13-14H,3-6,11-12,15H2,1-2H3/b9-7+. The van der Waals surface area contributed by atoms with Crippen molar-refractivity contribution < 1.29 is 9.53 Å². The van der Waals surface area contributed by atoms with Crippen LogP contribution in [0.2, 0.25) is 0 Å². The summed E-state index contributed by atoms with van der Waals surface area (Å²) in [6.07, 6.45) is 8.20. The fourth-order valence-corrected chi connectivity index (χ4v) is 5.28. The van der Waals surface area contributed by atoms with Gasteiger partial charge >= 0.3 is 0 Å². The molecule has 0 aliphatic carbocycles. The van der Waals surface area contributed by atoms with Gasteiger partial charge in [-0.15, -0.1) is 11.3 Å². The van der Waals surface area contributed by atoms with Crippen LogP contribution in [0.15, 0.2) is 34.8 Å². The van der Waals surface area contributed by atoms with Crippen molar-refractivity contribution in [1.82, 2.24) is 4.90 Å². The van der Waals surface area contributed by atoms with Gasteiger partial charge in [0.2, 0.25) is 0 Å². The van der Waals surface area contributed by atoms with Gasteiger partial charge in [0.25, 0.3) is 0 Å². The number of methoxy groups -OCH3 is 1. The van der Waals surface area contributed by atoms with Crippen LogP contribution in [0.25, 0.3) is 6.08 Å². The first-order valence-electron chi connectivity index (χ1n) is 9.50. The Morgan fingerprint density at radius 1 is 1.30 bits per heavy atom. The summed E-state index contributed by atoms with van der Waals surface area (Å²) in [4.78, 5) is 17.0. The number of ether oxygens (including phenoxy) is 1. The van der Waals surface area contributed by atoms with E-state index in [1.165, 1.54) is 23.3 Å². The lowest BCUT2D eigenvalue weighted by atomic mass is 10.1. The zero-order valence-electron chi connectivity index (χ0n) is 16.0. The lowest BCUT2D eigenvalue weighted by molar-refractivity contribution is 0.105. The van der Waals surface area contributed by atoms with Crippen molar-refractivity contribution in [2.24, 2.45) is 0 Å². The highest BCUT2D eigenvalue weighted by molar-refractivity contribution is 9.10. The Balaban J connectivity index is 1.73. The van der Waals surface area contributed by atoms with Gasteiger partial charge < -0.3 is 4.74 Å². The smallest absolute Gasteiger partial charge is 0.195 e. The summed E-state index contributed by atoms with van der Waals surface area (Å²) in [5.41, 5.74) is 2.21. The van der Waals surface area contributed by atoms with Crippen molar-refractivity contribution in [3.8, 4) is 5.75 Å². The molecule has 0 radical (unpaired) electrons. The molecule has 0 bridgehead atoms. The van der Waals surface area contributed by atoms with Crippen LogP contribution in [0, 0.1) is 0 Å². The molecule has 5 heteroatoms. The molecule has 2 heterocycles. The van der Waals surface area contributed by atoms with E-state index in [9.17, 15) is 4.79 Å². The Hall–Kier alpha value is -1.43. The van der Waals surface area contributed by atoms with Gasteiger partial charge in [-0.2, -0.15) is 0 Å². The quantitative estimate of drug-likeness (QED) is 0.369. The maximum atomic E-state index is 12.5. The van der Waals surface area contributed by atoms with Crippen molar-refractivity contribution in [1.29, 1.82) is 0 Å². The molecule has 3 rings (SSSR count). The summed E-state index contributed by atoms with van der Waals surface area (Å²) in [7, 11) is 1.71. The first-order chi connectivity index (χ1) is 13.1. The Bertz CT molecular complexity index is 822. The highest BCUT2D eigenvalue weighted by Crippen LogP contribution is 2.29. The molecule has 0 amide bonds. The second-order valence-corrected chi connectivity index (χ2v) is 8.87. The van der Waals surface area contributed by atoms with Crippen molar-refractivity contribution in [2.45, 2.75) is 39.2 Å². The van der Waals surface area contributed by atoms with E-state index in [-0.39, 0.29) is 5.78 Å². The number of thiophene rings is 1. The summed E-state index contributed by atoms with van der Waals surface area (Å²) >= 11 is 5.15. The molecule has 1 aromatic carbocycles.